The summed E-state index contributed by atoms with van der Waals surface area (Å²) in [6, 6.07) is 6.25. The fourth-order valence-corrected chi connectivity index (χ4v) is 2.03. The van der Waals surface area contributed by atoms with E-state index in [-0.39, 0.29) is 5.82 Å². The summed E-state index contributed by atoms with van der Waals surface area (Å²) in [4.78, 5) is 11.3. The standard InChI is InChI=1S/C16H20FN3O2/c1-2-22-15(21)20-14-7-9-16(18,10-8-14)19-11-12-3-5-13(17)6-4-12/h3-9,19H,2,10-11,18H2,1H3,(H,20,21). The Labute approximate surface area is 129 Å². The summed E-state index contributed by atoms with van der Waals surface area (Å²) in [5, 5.41) is 5.84. The van der Waals surface area contributed by atoms with Crippen molar-refractivity contribution in [3.05, 3.63) is 59.6 Å². The zero-order valence-corrected chi connectivity index (χ0v) is 12.4. The Bertz CT molecular complexity index is 584. The Balaban J connectivity index is 1.86. The summed E-state index contributed by atoms with van der Waals surface area (Å²) in [6.45, 7) is 2.59. The summed E-state index contributed by atoms with van der Waals surface area (Å²) >= 11 is 0. The molecular weight excluding hydrogens is 285 g/mol. The number of nitrogens with one attached hydrogen (secondary N) is 2. The molecular formula is C16H20FN3O2. The molecule has 22 heavy (non-hydrogen) atoms. The maximum Gasteiger partial charge on any atom is 0.411 e. The van der Waals surface area contributed by atoms with Gasteiger partial charge in [0.25, 0.3) is 0 Å². The van der Waals surface area contributed by atoms with Crippen LogP contribution in [-0.4, -0.2) is 18.4 Å². The van der Waals surface area contributed by atoms with E-state index in [4.69, 9.17) is 10.5 Å². The Morgan fingerprint density at radius 1 is 1.41 bits per heavy atom. The van der Waals surface area contributed by atoms with Crippen LogP contribution in [0.2, 0.25) is 0 Å². The number of ether oxygens (including phenoxy) is 1. The first-order valence-electron chi connectivity index (χ1n) is 7.12. The first kappa shape index (κ1) is 16.2. The van der Waals surface area contributed by atoms with Gasteiger partial charge in [0.15, 0.2) is 0 Å². The highest BCUT2D eigenvalue weighted by molar-refractivity contribution is 5.70. The summed E-state index contributed by atoms with van der Waals surface area (Å²) < 4.78 is 17.7. The molecule has 0 fully saturated rings. The van der Waals surface area contributed by atoms with E-state index in [2.05, 4.69) is 10.6 Å². The van der Waals surface area contributed by atoms with Gasteiger partial charge in [-0.3, -0.25) is 10.6 Å². The average Bonchev–Trinajstić information content (AvgIpc) is 2.50. The minimum absolute atomic E-state index is 0.263. The molecule has 5 nitrogen and oxygen atoms in total. The van der Waals surface area contributed by atoms with Crippen molar-refractivity contribution in [2.24, 2.45) is 5.73 Å². The molecule has 0 bridgehead atoms. The van der Waals surface area contributed by atoms with Gasteiger partial charge in [-0.25, -0.2) is 9.18 Å². The van der Waals surface area contributed by atoms with E-state index in [1.165, 1.54) is 12.1 Å². The molecule has 0 saturated heterocycles. The summed E-state index contributed by atoms with van der Waals surface area (Å²) in [5.41, 5.74) is 7.13. The number of benzene rings is 1. The van der Waals surface area contributed by atoms with Gasteiger partial charge in [0.05, 0.1) is 12.3 Å². The molecule has 1 aromatic carbocycles. The number of rotatable bonds is 5. The first-order valence-corrected chi connectivity index (χ1v) is 7.12. The number of alkyl carbamates (subject to hydrolysis) is 1. The first-order chi connectivity index (χ1) is 10.5. The van der Waals surface area contributed by atoms with Crippen molar-refractivity contribution < 1.29 is 13.9 Å². The molecule has 0 aromatic heterocycles. The Kier molecular flexibility index (Phi) is 5.30. The Hall–Kier alpha value is -2.18. The molecule has 1 aliphatic carbocycles. The van der Waals surface area contributed by atoms with Crippen LogP contribution in [0.25, 0.3) is 0 Å². The molecule has 0 radical (unpaired) electrons. The fraction of sp³-hybridized carbons (Fsp3) is 0.312. The Morgan fingerprint density at radius 3 is 2.73 bits per heavy atom. The van der Waals surface area contributed by atoms with Crippen molar-refractivity contribution in [1.29, 1.82) is 0 Å². The van der Waals surface area contributed by atoms with Gasteiger partial charge in [-0.15, -0.1) is 0 Å². The maximum atomic E-state index is 12.9. The van der Waals surface area contributed by atoms with Crippen LogP contribution in [0.1, 0.15) is 18.9 Å². The number of carbonyl (C=O) groups excluding carboxylic acids is 1. The average molecular weight is 305 g/mol. The smallest absolute Gasteiger partial charge is 0.411 e. The van der Waals surface area contributed by atoms with Crippen molar-refractivity contribution in [2.75, 3.05) is 6.61 Å². The van der Waals surface area contributed by atoms with E-state index in [9.17, 15) is 9.18 Å². The quantitative estimate of drug-likeness (QED) is 0.729. The minimum Gasteiger partial charge on any atom is -0.450 e. The Morgan fingerprint density at radius 2 is 2.14 bits per heavy atom. The van der Waals surface area contributed by atoms with Crippen molar-refractivity contribution in [3.8, 4) is 0 Å². The third-order valence-electron chi connectivity index (χ3n) is 3.28. The largest absolute Gasteiger partial charge is 0.450 e. The van der Waals surface area contributed by atoms with Crippen LogP contribution in [-0.2, 0) is 11.3 Å². The van der Waals surface area contributed by atoms with Crippen molar-refractivity contribution in [3.63, 3.8) is 0 Å². The SMILES string of the molecule is CCOC(=O)NC1=CCC(N)(NCc2ccc(F)cc2)C=C1. The molecule has 1 aliphatic rings. The maximum absolute atomic E-state index is 12.9. The lowest BCUT2D eigenvalue weighted by Crippen LogP contribution is -2.52. The number of halogens is 1. The number of hydrogen-bond acceptors (Lipinski definition) is 4. The molecule has 2 rings (SSSR count). The highest BCUT2D eigenvalue weighted by Gasteiger charge is 2.22. The van der Waals surface area contributed by atoms with Crippen molar-refractivity contribution in [2.45, 2.75) is 25.6 Å². The second-order valence-electron chi connectivity index (χ2n) is 5.06. The van der Waals surface area contributed by atoms with Gasteiger partial charge < -0.3 is 10.5 Å². The van der Waals surface area contributed by atoms with E-state index in [0.29, 0.717) is 25.3 Å². The molecule has 0 spiro atoms. The number of nitrogens with two attached hydrogens (primary N) is 1. The second-order valence-corrected chi connectivity index (χ2v) is 5.06. The van der Waals surface area contributed by atoms with Crippen LogP contribution in [0, 0.1) is 5.82 Å². The van der Waals surface area contributed by atoms with E-state index in [1.54, 1.807) is 31.2 Å². The van der Waals surface area contributed by atoms with Crippen molar-refractivity contribution in [1.82, 2.24) is 10.6 Å². The molecule has 118 valence electrons. The predicted octanol–water partition coefficient (Wildman–Crippen LogP) is 2.16. The summed E-state index contributed by atoms with van der Waals surface area (Å²) in [5.74, 6) is -0.263. The van der Waals surface area contributed by atoms with Gasteiger partial charge in [-0.1, -0.05) is 18.2 Å². The highest BCUT2D eigenvalue weighted by Crippen LogP contribution is 2.16. The summed E-state index contributed by atoms with van der Waals surface area (Å²) in [6.07, 6.45) is 5.39. The lowest BCUT2D eigenvalue weighted by molar-refractivity contribution is 0.155. The number of amides is 1. The molecule has 1 atom stereocenters. The molecule has 6 heteroatoms. The van der Waals surface area contributed by atoms with E-state index in [0.717, 1.165) is 5.56 Å². The van der Waals surface area contributed by atoms with Crippen LogP contribution < -0.4 is 16.4 Å². The fourth-order valence-electron chi connectivity index (χ4n) is 2.03. The van der Waals surface area contributed by atoms with Gasteiger partial charge in [-0.05, 0) is 36.8 Å². The molecule has 0 heterocycles. The molecule has 0 saturated carbocycles. The van der Waals surface area contributed by atoms with Crippen LogP contribution in [0.3, 0.4) is 0 Å². The number of hydrogen-bond donors (Lipinski definition) is 3. The number of allylic oxidation sites excluding steroid dienone is 1. The van der Waals surface area contributed by atoms with Crippen LogP contribution in [0.4, 0.5) is 9.18 Å². The number of carbonyl (C=O) groups is 1. The monoisotopic (exact) mass is 305 g/mol. The van der Waals surface area contributed by atoms with Gasteiger partial charge in [0, 0.05) is 18.7 Å². The lowest BCUT2D eigenvalue weighted by Gasteiger charge is -2.29. The molecule has 1 amide bonds. The third kappa shape index (κ3) is 4.68. The topological polar surface area (TPSA) is 76.4 Å². The van der Waals surface area contributed by atoms with Crippen LogP contribution >= 0.6 is 0 Å². The van der Waals surface area contributed by atoms with Crippen molar-refractivity contribution >= 4 is 6.09 Å². The van der Waals surface area contributed by atoms with Gasteiger partial charge in [0.2, 0.25) is 0 Å². The lowest BCUT2D eigenvalue weighted by atomic mass is 10.00. The molecule has 1 unspecified atom stereocenters. The molecule has 0 aliphatic heterocycles. The van der Waals surface area contributed by atoms with E-state index >= 15 is 0 Å². The van der Waals surface area contributed by atoms with Gasteiger partial charge >= 0.3 is 6.09 Å². The molecule has 1 aromatic rings. The van der Waals surface area contributed by atoms with Crippen LogP contribution in [0.5, 0.6) is 0 Å². The van der Waals surface area contributed by atoms with Gasteiger partial charge in [-0.2, -0.15) is 0 Å². The van der Waals surface area contributed by atoms with Crippen LogP contribution in [0.15, 0.2) is 48.2 Å². The third-order valence-corrected chi connectivity index (χ3v) is 3.28. The van der Waals surface area contributed by atoms with E-state index in [1.807, 2.05) is 6.08 Å². The molecule has 4 N–H and O–H groups in total. The zero-order valence-electron chi connectivity index (χ0n) is 12.4. The minimum atomic E-state index is -0.700. The van der Waals surface area contributed by atoms with Gasteiger partial charge in [0.1, 0.15) is 5.82 Å². The second kappa shape index (κ2) is 7.20. The zero-order chi connectivity index (χ0) is 16.0. The highest BCUT2D eigenvalue weighted by atomic mass is 19.1. The van der Waals surface area contributed by atoms with E-state index < -0.39 is 11.8 Å². The predicted molar refractivity (Wildman–Crippen MR) is 82.2 cm³/mol. The normalized spacial score (nSPS) is 20.4. The summed E-state index contributed by atoms with van der Waals surface area (Å²) in [7, 11) is 0.